The number of benzene rings is 1. The minimum absolute atomic E-state index is 0.0236. The maximum Gasteiger partial charge on any atom is 0.254 e. The molecule has 1 aromatic rings. The Morgan fingerprint density at radius 1 is 1.05 bits per heavy atom. The number of hydrogen-bond acceptors (Lipinski definition) is 7. The number of nitrogens with one attached hydrogen (secondary N) is 1. The highest BCUT2D eigenvalue weighted by molar-refractivity contribution is 5.95. The minimum atomic E-state index is -0.280. The van der Waals surface area contributed by atoms with Crippen molar-refractivity contribution in [2.45, 2.75) is 64.1 Å². The standard InChI is InChI=1S/C29H45N3O6/c1-20(2)31(28(33)21-8-11-25(36-4)27(15-21)38-14-6-12-35-3)18-22-16-30-17-23(22)19-32(24-9-10-24)29(34)26-7-5-13-37-26/h8,11,15,20,22-24,26,30H,5-7,9-10,12-14,16-19H2,1-4H3/t22-,23-,26?/m0/s1. The van der Waals surface area contributed by atoms with Crippen LogP contribution in [0.5, 0.6) is 11.5 Å². The predicted molar refractivity (Wildman–Crippen MR) is 145 cm³/mol. The highest BCUT2D eigenvalue weighted by Crippen LogP contribution is 2.33. The van der Waals surface area contributed by atoms with Crippen molar-refractivity contribution in [3.8, 4) is 11.5 Å². The predicted octanol–water partition coefficient (Wildman–Crippen LogP) is 2.97. The molecule has 1 aromatic carbocycles. The highest BCUT2D eigenvalue weighted by Gasteiger charge is 2.41. The van der Waals surface area contributed by atoms with E-state index >= 15 is 0 Å². The van der Waals surface area contributed by atoms with Gasteiger partial charge in [0.1, 0.15) is 6.10 Å². The van der Waals surface area contributed by atoms with E-state index in [9.17, 15) is 9.59 Å². The fourth-order valence-corrected chi connectivity index (χ4v) is 5.48. The molecule has 4 rings (SSSR count). The lowest BCUT2D eigenvalue weighted by Crippen LogP contribution is -2.47. The van der Waals surface area contributed by atoms with Crippen LogP contribution in [0.15, 0.2) is 18.2 Å². The van der Waals surface area contributed by atoms with Gasteiger partial charge in [0.25, 0.3) is 11.8 Å². The summed E-state index contributed by atoms with van der Waals surface area (Å²) in [5.74, 6) is 1.86. The minimum Gasteiger partial charge on any atom is -0.493 e. The van der Waals surface area contributed by atoms with Gasteiger partial charge in [-0.05, 0) is 69.6 Å². The molecule has 0 radical (unpaired) electrons. The zero-order valence-electron chi connectivity index (χ0n) is 23.4. The number of rotatable bonds is 14. The van der Waals surface area contributed by atoms with Crippen molar-refractivity contribution in [2.24, 2.45) is 11.8 Å². The zero-order chi connectivity index (χ0) is 27.1. The molecule has 38 heavy (non-hydrogen) atoms. The molecule has 2 amide bonds. The van der Waals surface area contributed by atoms with E-state index in [0.717, 1.165) is 51.7 Å². The molecule has 3 aliphatic rings. The monoisotopic (exact) mass is 531 g/mol. The molecule has 2 saturated heterocycles. The van der Waals surface area contributed by atoms with Crippen LogP contribution in [0.3, 0.4) is 0 Å². The fourth-order valence-electron chi connectivity index (χ4n) is 5.48. The lowest BCUT2D eigenvalue weighted by atomic mass is 9.93. The van der Waals surface area contributed by atoms with E-state index < -0.39 is 0 Å². The molecule has 2 aliphatic heterocycles. The Morgan fingerprint density at radius 2 is 1.82 bits per heavy atom. The first kappa shape index (κ1) is 28.6. The van der Waals surface area contributed by atoms with E-state index in [4.69, 9.17) is 18.9 Å². The van der Waals surface area contributed by atoms with E-state index in [0.29, 0.717) is 55.4 Å². The van der Waals surface area contributed by atoms with Crippen LogP contribution in [0, 0.1) is 11.8 Å². The zero-order valence-corrected chi connectivity index (χ0v) is 23.4. The maximum atomic E-state index is 13.7. The fraction of sp³-hybridized carbons (Fsp3) is 0.724. The molecule has 9 nitrogen and oxygen atoms in total. The number of carbonyl (C=O) groups is 2. The van der Waals surface area contributed by atoms with Gasteiger partial charge in [-0.15, -0.1) is 0 Å². The van der Waals surface area contributed by atoms with Crippen molar-refractivity contribution < 1.29 is 28.5 Å². The van der Waals surface area contributed by atoms with Gasteiger partial charge in [-0.3, -0.25) is 9.59 Å². The number of hydrogen-bond donors (Lipinski definition) is 1. The van der Waals surface area contributed by atoms with Gasteiger partial charge in [-0.2, -0.15) is 0 Å². The Labute approximate surface area is 227 Å². The molecule has 1 saturated carbocycles. The van der Waals surface area contributed by atoms with Gasteiger partial charge in [0, 0.05) is 70.6 Å². The molecule has 3 atom stereocenters. The molecule has 1 unspecified atom stereocenters. The van der Waals surface area contributed by atoms with E-state index in [2.05, 4.69) is 24.1 Å². The van der Waals surface area contributed by atoms with Gasteiger partial charge in [0.15, 0.2) is 11.5 Å². The van der Waals surface area contributed by atoms with Crippen molar-refractivity contribution in [1.82, 2.24) is 15.1 Å². The lowest BCUT2D eigenvalue weighted by molar-refractivity contribution is -0.142. The van der Waals surface area contributed by atoms with Crippen LogP contribution >= 0.6 is 0 Å². The van der Waals surface area contributed by atoms with Crippen molar-refractivity contribution in [2.75, 3.05) is 60.2 Å². The number of ether oxygens (including phenoxy) is 4. The van der Waals surface area contributed by atoms with Crippen LogP contribution in [-0.2, 0) is 14.3 Å². The van der Waals surface area contributed by atoms with Crippen molar-refractivity contribution in [3.63, 3.8) is 0 Å². The molecule has 1 N–H and O–H groups in total. The van der Waals surface area contributed by atoms with Crippen molar-refractivity contribution >= 4 is 11.8 Å². The van der Waals surface area contributed by atoms with E-state index in [-0.39, 0.29) is 29.9 Å². The summed E-state index contributed by atoms with van der Waals surface area (Å²) in [6.07, 6.45) is 4.40. The summed E-state index contributed by atoms with van der Waals surface area (Å²) < 4.78 is 22.2. The maximum absolute atomic E-state index is 13.7. The second-order valence-electron chi connectivity index (χ2n) is 11.0. The summed E-state index contributed by atoms with van der Waals surface area (Å²) >= 11 is 0. The van der Waals surface area contributed by atoms with Crippen LogP contribution < -0.4 is 14.8 Å². The van der Waals surface area contributed by atoms with Crippen LogP contribution in [0.4, 0.5) is 0 Å². The van der Waals surface area contributed by atoms with Crippen LogP contribution in [0.2, 0.25) is 0 Å². The lowest BCUT2D eigenvalue weighted by Gasteiger charge is -2.34. The second kappa shape index (κ2) is 13.6. The van der Waals surface area contributed by atoms with E-state index in [1.807, 2.05) is 4.90 Å². The van der Waals surface area contributed by atoms with Crippen LogP contribution in [0.1, 0.15) is 56.3 Å². The van der Waals surface area contributed by atoms with E-state index in [1.165, 1.54) is 0 Å². The van der Waals surface area contributed by atoms with Gasteiger partial charge in [-0.1, -0.05) is 0 Å². The number of amides is 2. The first-order chi connectivity index (χ1) is 18.4. The average Bonchev–Trinajstić information content (AvgIpc) is 3.41. The third-order valence-corrected chi connectivity index (χ3v) is 7.86. The molecule has 0 bridgehead atoms. The summed E-state index contributed by atoms with van der Waals surface area (Å²) in [6.45, 7) is 8.93. The molecule has 1 aliphatic carbocycles. The summed E-state index contributed by atoms with van der Waals surface area (Å²) in [7, 11) is 3.26. The molecule has 0 aromatic heterocycles. The Balaban J connectivity index is 1.43. The first-order valence-electron chi connectivity index (χ1n) is 14.2. The SMILES string of the molecule is COCCCOc1cc(C(=O)N(C[C@@H]2CNC[C@H]2CN(C(=O)C2CCCO2)C2CC2)C(C)C)ccc1OC. The van der Waals surface area contributed by atoms with Crippen LogP contribution in [-0.4, -0.2) is 100 Å². The molecule has 0 spiro atoms. The smallest absolute Gasteiger partial charge is 0.254 e. The Morgan fingerprint density at radius 3 is 2.45 bits per heavy atom. The van der Waals surface area contributed by atoms with Gasteiger partial charge in [0.05, 0.1) is 13.7 Å². The summed E-state index contributed by atoms with van der Waals surface area (Å²) in [5.41, 5.74) is 0.580. The highest BCUT2D eigenvalue weighted by atomic mass is 16.5. The topological polar surface area (TPSA) is 89.6 Å². The van der Waals surface area contributed by atoms with Crippen LogP contribution in [0.25, 0.3) is 0 Å². The molecule has 2 heterocycles. The second-order valence-corrected chi connectivity index (χ2v) is 11.0. The van der Waals surface area contributed by atoms with Gasteiger partial charge in [-0.25, -0.2) is 0 Å². The third-order valence-electron chi connectivity index (χ3n) is 7.86. The average molecular weight is 532 g/mol. The summed E-state index contributed by atoms with van der Waals surface area (Å²) in [6, 6.07) is 5.75. The number of methoxy groups -OCH3 is 2. The van der Waals surface area contributed by atoms with Gasteiger partial charge >= 0.3 is 0 Å². The number of nitrogens with zero attached hydrogens (tertiary/aromatic N) is 2. The summed E-state index contributed by atoms with van der Waals surface area (Å²) in [4.78, 5) is 31.0. The quantitative estimate of drug-likeness (QED) is 0.369. The van der Waals surface area contributed by atoms with Crippen molar-refractivity contribution in [3.05, 3.63) is 23.8 Å². The number of carbonyl (C=O) groups excluding carboxylic acids is 2. The molecular formula is C29H45N3O6. The molecule has 3 fully saturated rings. The van der Waals surface area contributed by atoms with Gasteiger partial charge in [0.2, 0.25) is 0 Å². The largest absolute Gasteiger partial charge is 0.493 e. The molecule has 9 heteroatoms. The molecule has 212 valence electrons. The normalized spacial score (nSPS) is 23.0. The Kier molecular flexibility index (Phi) is 10.3. The van der Waals surface area contributed by atoms with E-state index in [1.54, 1.807) is 32.4 Å². The summed E-state index contributed by atoms with van der Waals surface area (Å²) in [5, 5.41) is 3.52. The third kappa shape index (κ3) is 7.18. The Hall–Kier alpha value is -2.36. The Bertz CT molecular complexity index is 931. The van der Waals surface area contributed by atoms with Gasteiger partial charge < -0.3 is 34.1 Å². The first-order valence-corrected chi connectivity index (χ1v) is 14.2. The van der Waals surface area contributed by atoms with Crippen molar-refractivity contribution in [1.29, 1.82) is 0 Å². The molecular weight excluding hydrogens is 486 g/mol.